The Labute approximate surface area is 135 Å². The predicted molar refractivity (Wildman–Crippen MR) is 88.2 cm³/mol. The van der Waals surface area contributed by atoms with Crippen LogP contribution in [0.1, 0.15) is 50.7 Å². The summed E-state index contributed by atoms with van der Waals surface area (Å²) in [7, 11) is 0. The lowest BCUT2D eigenvalue weighted by Crippen LogP contribution is -2.04. The first-order chi connectivity index (χ1) is 9.54. The van der Waals surface area contributed by atoms with Gasteiger partial charge in [-0.2, -0.15) is 0 Å². The fourth-order valence-electron chi connectivity index (χ4n) is 2.37. The lowest BCUT2D eigenvalue weighted by atomic mass is 10.2. The van der Waals surface area contributed by atoms with E-state index in [0.717, 1.165) is 29.8 Å². The third-order valence-electron chi connectivity index (χ3n) is 3.41. The molecule has 0 bridgehead atoms. The number of nitrogens with zero attached hydrogens (tertiary/aromatic N) is 2. The molecule has 110 valence electrons. The second-order valence-electron chi connectivity index (χ2n) is 5.05. The van der Waals surface area contributed by atoms with Gasteiger partial charge in [0.2, 0.25) is 0 Å². The van der Waals surface area contributed by atoms with Crippen molar-refractivity contribution in [3.8, 4) is 0 Å². The average molecular weight is 334 g/mol. The fourth-order valence-corrected chi connectivity index (χ4v) is 2.86. The third kappa shape index (κ3) is 3.41. The lowest BCUT2D eigenvalue weighted by Gasteiger charge is -2.10. The summed E-state index contributed by atoms with van der Waals surface area (Å²) in [5.74, 6) is 0.886. The summed E-state index contributed by atoms with van der Waals surface area (Å²) in [6.07, 6.45) is 4.82. The van der Waals surface area contributed by atoms with Gasteiger partial charge in [-0.05, 0) is 25.5 Å². The summed E-state index contributed by atoms with van der Waals surface area (Å²) < 4.78 is 2.17. The molecule has 0 N–H and O–H groups in total. The van der Waals surface area contributed by atoms with Gasteiger partial charge in [0.25, 0.3) is 0 Å². The molecule has 2 rings (SSSR count). The molecule has 0 aliphatic heterocycles. The molecule has 5 heteroatoms. The number of alkyl halides is 1. The van der Waals surface area contributed by atoms with Gasteiger partial charge in [0, 0.05) is 6.54 Å². The van der Waals surface area contributed by atoms with E-state index in [1.807, 2.05) is 19.1 Å². The smallest absolute Gasteiger partial charge is 0.127 e. The Kier molecular flexibility index (Phi) is 5.59. The number of unbranched alkanes of at least 4 members (excludes halogenated alkanes) is 3. The molecule has 0 saturated heterocycles. The first-order valence-corrected chi connectivity index (χ1v) is 8.23. The number of fused-ring (bicyclic) bond motifs is 1. The summed E-state index contributed by atoms with van der Waals surface area (Å²) in [6, 6.07) is 3.69. The second kappa shape index (κ2) is 7.02. The van der Waals surface area contributed by atoms with E-state index in [9.17, 15) is 0 Å². The van der Waals surface area contributed by atoms with Crippen molar-refractivity contribution in [2.24, 2.45) is 0 Å². The number of rotatable bonds is 6. The molecule has 0 saturated carbocycles. The van der Waals surface area contributed by atoms with Crippen LogP contribution in [0.5, 0.6) is 0 Å². The highest BCUT2D eigenvalue weighted by Gasteiger charge is 2.16. The monoisotopic (exact) mass is 332 g/mol. The molecule has 1 unspecified atom stereocenters. The minimum Gasteiger partial charge on any atom is -0.327 e. The van der Waals surface area contributed by atoms with Crippen LogP contribution in [-0.2, 0) is 6.54 Å². The van der Waals surface area contributed by atoms with Gasteiger partial charge in [-0.3, -0.25) is 0 Å². The van der Waals surface area contributed by atoms with Crippen LogP contribution >= 0.6 is 34.8 Å². The van der Waals surface area contributed by atoms with Gasteiger partial charge in [0.05, 0.1) is 26.5 Å². The maximum atomic E-state index is 6.25. The summed E-state index contributed by atoms with van der Waals surface area (Å²) in [6.45, 7) is 5.07. The van der Waals surface area contributed by atoms with Crippen molar-refractivity contribution < 1.29 is 0 Å². The number of hydrogen-bond acceptors (Lipinski definition) is 1. The highest BCUT2D eigenvalue weighted by molar-refractivity contribution is 6.42. The van der Waals surface area contributed by atoms with Crippen LogP contribution in [0.15, 0.2) is 12.1 Å². The van der Waals surface area contributed by atoms with Crippen LogP contribution in [0, 0.1) is 0 Å². The van der Waals surface area contributed by atoms with Crippen molar-refractivity contribution in [1.29, 1.82) is 0 Å². The maximum Gasteiger partial charge on any atom is 0.127 e. The van der Waals surface area contributed by atoms with E-state index < -0.39 is 0 Å². The number of hydrogen-bond donors (Lipinski definition) is 0. The largest absolute Gasteiger partial charge is 0.327 e. The zero-order valence-electron chi connectivity index (χ0n) is 11.8. The van der Waals surface area contributed by atoms with Crippen molar-refractivity contribution in [2.75, 3.05) is 0 Å². The van der Waals surface area contributed by atoms with Crippen LogP contribution in [-0.4, -0.2) is 9.55 Å². The Morgan fingerprint density at radius 2 is 1.85 bits per heavy atom. The van der Waals surface area contributed by atoms with Crippen LogP contribution in [0.2, 0.25) is 10.0 Å². The van der Waals surface area contributed by atoms with Crippen molar-refractivity contribution in [3.63, 3.8) is 0 Å². The highest BCUT2D eigenvalue weighted by atomic mass is 35.5. The normalized spacial score (nSPS) is 13.1. The standard InChI is InChI=1S/C15H19Cl3N2/c1-3-4-5-6-7-20-14-9-12(18)11(17)8-13(14)19-15(20)10(2)16/h8-10H,3-7H2,1-2H3. The molecule has 0 aliphatic rings. The summed E-state index contributed by atoms with van der Waals surface area (Å²) in [5, 5.41) is 0.956. The van der Waals surface area contributed by atoms with Gasteiger partial charge < -0.3 is 4.57 Å². The number of aryl methyl sites for hydroxylation is 1. The summed E-state index contributed by atoms with van der Waals surface area (Å²) in [4.78, 5) is 4.60. The highest BCUT2D eigenvalue weighted by Crippen LogP contribution is 2.31. The molecule has 0 amide bonds. The van der Waals surface area contributed by atoms with Crippen LogP contribution in [0.3, 0.4) is 0 Å². The predicted octanol–water partition coefficient (Wildman–Crippen LogP) is 6.22. The fraction of sp³-hybridized carbons (Fsp3) is 0.533. The molecule has 0 spiro atoms. The molecule has 1 aromatic carbocycles. The first kappa shape index (κ1) is 15.9. The third-order valence-corrected chi connectivity index (χ3v) is 4.33. The Balaban J connectivity index is 2.37. The Morgan fingerprint density at radius 1 is 1.15 bits per heavy atom. The summed E-state index contributed by atoms with van der Waals surface area (Å²) in [5.41, 5.74) is 1.87. The first-order valence-electron chi connectivity index (χ1n) is 7.03. The topological polar surface area (TPSA) is 17.8 Å². The molecule has 1 aromatic heterocycles. The summed E-state index contributed by atoms with van der Waals surface area (Å²) >= 11 is 18.4. The van der Waals surface area contributed by atoms with E-state index in [2.05, 4.69) is 16.5 Å². The maximum absolute atomic E-state index is 6.25. The van der Waals surface area contributed by atoms with Crippen LogP contribution < -0.4 is 0 Å². The molecule has 0 fully saturated rings. The van der Waals surface area contributed by atoms with E-state index in [4.69, 9.17) is 34.8 Å². The van der Waals surface area contributed by atoms with Gasteiger partial charge in [0.15, 0.2) is 0 Å². The lowest BCUT2D eigenvalue weighted by molar-refractivity contribution is 0.574. The van der Waals surface area contributed by atoms with Crippen molar-refractivity contribution >= 4 is 45.8 Å². The zero-order valence-corrected chi connectivity index (χ0v) is 14.1. The van der Waals surface area contributed by atoms with Gasteiger partial charge in [-0.25, -0.2) is 4.98 Å². The van der Waals surface area contributed by atoms with Gasteiger partial charge >= 0.3 is 0 Å². The molecule has 2 aromatic rings. The molecular weight excluding hydrogens is 315 g/mol. The number of benzene rings is 1. The average Bonchev–Trinajstić information content (AvgIpc) is 2.74. The van der Waals surface area contributed by atoms with Gasteiger partial charge in [0.1, 0.15) is 5.82 Å². The van der Waals surface area contributed by atoms with E-state index in [0.29, 0.717) is 10.0 Å². The minimum absolute atomic E-state index is 0.133. The second-order valence-corrected chi connectivity index (χ2v) is 6.52. The van der Waals surface area contributed by atoms with Crippen molar-refractivity contribution in [2.45, 2.75) is 51.5 Å². The Bertz CT molecular complexity index is 590. The zero-order chi connectivity index (χ0) is 14.7. The van der Waals surface area contributed by atoms with Crippen molar-refractivity contribution in [3.05, 3.63) is 28.0 Å². The van der Waals surface area contributed by atoms with Crippen molar-refractivity contribution in [1.82, 2.24) is 9.55 Å². The SMILES string of the molecule is CCCCCCn1c(C(C)Cl)nc2cc(Cl)c(Cl)cc21. The van der Waals surface area contributed by atoms with Crippen LogP contribution in [0.4, 0.5) is 0 Å². The van der Waals surface area contributed by atoms with E-state index in [-0.39, 0.29) is 5.38 Å². The molecule has 0 radical (unpaired) electrons. The quantitative estimate of drug-likeness (QED) is 0.453. The molecule has 20 heavy (non-hydrogen) atoms. The van der Waals surface area contributed by atoms with E-state index in [1.54, 1.807) is 0 Å². The number of imidazole rings is 1. The Hall–Kier alpha value is -0.440. The molecule has 2 nitrogen and oxygen atoms in total. The molecule has 1 heterocycles. The van der Waals surface area contributed by atoms with E-state index >= 15 is 0 Å². The Morgan fingerprint density at radius 3 is 2.50 bits per heavy atom. The molecule has 1 atom stereocenters. The van der Waals surface area contributed by atoms with Gasteiger partial charge in [-0.1, -0.05) is 49.4 Å². The minimum atomic E-state index is -0.133. The number of aromatic nitrogens is 2. The molecular formula is C15H19Cl3N2. The van der Waals surface area contributed by atoms with Crippen LogP contribution in [0.25, 0.3) is 11.0 Å². The van der Waals surface area contributed by atoms with E-state index in [1.165, 1.54) is 19.3 Å². The number of halogens is 3. The molecule has 0 aliphatic carbocycles. The van der Waals surface area contributed by atoms with Gasteiger partial charge in [-0.15, -0.1) is 11.6 Å².